The second kappa shape index (κ2) is 9.58. The Bertz CT molecular complexity index is 1290. The lowest BCUT2D eigenvalue weighted by atomic mass is 9.91. The molecular formula is C27H30FN3O4S. The molecule has 1 spiro atoms. The molecule has 0 radical (unpaired) electrons. The predicted octanol–water partition coefficient (Wildman–Crippen LogP) is 3.26. The van der Waals surface area contributed by atoms with E-state index in [1.54, 1.807) is 30.0 Å². The first-order chi connectivity index (χ1) is 17.2. The van der Waals surface area contributed by atoms with Crippen molar-refractivity contribution >= 4 is 15.9 Å². The Labute approximate surface area is 211 Å². The Morgan fingerprint density at radius 3 is 2.58 bits per heavy atom. The van der Waals surface area contributed by atoms with Crippen LogP contribution in [0.1, 0.15) is 31.7 Å². The monoisotopic (exact) mass is 511 g/mol. The number of nitrogens with zero attached hydrogens (tertiary/aromatic N) is 2. The maximum absolute atomic E-state index is 15.8. The fourth-order valence-corrected chi connectivity index (χ4v) is 7.10. The number of rotatable bonds is 8. The summed E-state index contributed by atoms with van der Waals surface area (Å²) in [6.07, 6.45) is 1.84. The molecule has 5 rings (SSSR count). The number of carbonyl (C=O) groups excluding carboxylic acids is 1. The van der Waals surface area contributed by atoms with Crippen LogP contribution < -0.4 is 4.72 Å². The highest BCUT2D eigenvalue weighted by Crippen LogP contribution is 2.56. The summed E-state index contributed by atoms with van der Waals surface area (Å²) < 4.78 is 50.0. The van der Waals surface area contributed by atoms with Gasteiger partial charge in [-0.05, 0) is 37.3 Å². The van der Waals surface area contributed by atoms with Crippen LogP contribution in [0.2, 0.25) is 0 Å². The number of hydrogen-bond donors (Lipinski definition) is 1. The number of sulfonamides is 1. The molecule has 9 heteroatoms. The summed E-state index contributed by atoms with van der Waals surface area (Å²) >= 11 is 0. The smallest absolute Gasteiger partial charge is 0.252 e. The van der Waals surface area contributed by atoms with Crippen molar-refractivity contribution in [2.24, 2.45) is 11.3 Å². The number of benzene rings is 2. The van der Waals surface area contributed by atoms with E-state index in [4.69, 9.17) is 10.00 Å². The van der Waals surface area contributed by atoms with Gasteiger partial charge in [-0.3, -0.25) is 4.79 Å². The lowest BCUT2D eigenvalue weighted by Gasteiger charge is -2.34. The molecule has 0 bridgehead atoms. The van der Waals surface area contributed by atoms with E-state index < -0.39 is 34.1 Å². The van der Waals surface area contributed by atoms with Gasteiger partial charge < -0.3 is 9.64 Å². The number of likely N-dealkylation sites (tertiary alicyclic amines) is 1. The highest BCUT2D eigenvalue weighted by Gasteiger charge is 2.62. The van der Waals surface area contributed by atoms with Crippen molar-refractivity contribution in [1.29, 1.82) is 5.26 Å². The van der Waals surface area contributed by atoms with Crippen molar-refractivity contribution in [3.8, 4) is 17.2 Å². The van der Waals surface area contributed by atoms with Crippen LogP contribution in [0.3, 0.4) is 0 Å². The van der Waals surface area contributed by atoms with Crippen LogP contribution in [-0.4, -0.2) is 56.3 Å². The van der Waals surface area contributed by atoms with Gasteiger partial charge in [-0.2, -0.15) is 5.26 Å². The largest absolute Gasteiger partial charge is 0.368 e. The number of carbonyl (C=O) groups is 1. The first-order valence-electron chi connectivity index (χ1n) is 12.4. The Balaban J connectivity index is 1.49. The average Bonchev–Trinajstić information content (AvgIpc) is 3.54. The molecule has 4 atom stereocenters. The molecule has 3 fully saturated rings. The third kappa shape index (κ3) is 4.77. The third-order valence-electron chi connectivity index (χ3n) is 7.67. The molecule has 1 amide bonds. The molecule has 2 aliphatic heterocycles. The number of amides is 1. The van der Waals surface area contributed by atoms with Crippen LogP contribution in [0.4, 0.5) is 4.39 Å². The Morgan fingerprint density at radius 2 is 1.97 bits per heavy atom. The summed E-state index contributed by atoms with van der Waals surface area (Å²) in [6.45, 7) is 2.50. The molecule has 36 heavy (non-hydrogen) atoms. The summed E-state index contributed by atoms with van der Waals surface area (Å²) in [5.41, 5.74) is 1.27. The SMILES string of the molecule is C[C@H](C#N)CS(=O)(=O)N[C@@H]1[C@H](Cc2cccc(-c3ccccc3)c2F)N(C(=O)[C@H]2CCO2)CC12CC2. The Morgan fingerprint density at radius 1 is 1.25 bits per heavy atom. The van der Waals surface area contributed by atoms with E-state index in [-0.39, 0.29) is 29.3 Å². The predicted molar refractivity (Wildman–Crippen MR) is 133 cm³/mol. The summed E-state index contributed by atoms with van der Waals surface area (Å²) in [5, 5.41) is 9.13. The van der Waals surface area contributed by atoms with Crippen molar-refractivity contribution < 1.29 is 22.3 Å². The second-order valence-corrected chi connectivity index (χ2v) is 12.1. The second-order valence-electron chi connectivity index (χ2n) is 10.3. The summed E-state index contributed by atoms with van der Waals surface area (Å²) in [4.78, 5) is 15.1. The minimum Gasteiger partial charge on any atom is -0.368 e. The number of nitriles is 1. The van der Waals surface area contributed by atoms with Crippen molar-refractivity contribution in [2.75, 3.05) is 18.9 Å². The zero-order chi connectivity index (χ0) is 25.5. The number of halogens is 1. The van der Waals surface area contributed by atoms with Gasteiger partial charge in [-0.25, -0.2) is 17.5 Å². The van der Waals surface area contributed by atoms with Gasteiger partial charge in [0.15, 0.2) is 0 Å². The van der Waals surface area contributed by atoms with Crippen LogP contribution in [-0.2, 0) is 26.0 Å². The topological polar surface area (TPSA) is 99.5 Å². The summed E-state index contributed by atoms with van der Waals surface area (Å²) in [6, 6.07) is 15.3. The van der Waals surface area contributed by atoms with Crippen molar-refractivity contribution in [2.45, 2.75) is 50.8 Å². The lowest BCUT2D eigenvalue weighted by molar-refractivity contribution is -0.157. The van der Waals surface area contributed by atoms with Gasteiger partial charge in [-0.15, -0.1) is 0 Å². The summed E-state index contributed by atoms with van der Waals surface area (Å²) in [7, 11) is -3.79. The molecule has 2 saturated heterocycles. The molecule has 2 aromatic rings. The summed E-state index contributed by atoms with van der Waals surface area (Å²) in [5.74, 6) is -1.52. The van der Waals surface area contributed by atoms with Gasteiger partial charge >= 0.3 is 0 Å². The van der Waals surface area contributed by atoms with E-state index in [9.17, 15) is 13.2 Å². The first-order valence-corrected chi connectivity index (χ1v) is 14.0. The minimum atomic E-state index is -3.79. The molecular weight excluding hydrogens is 481 g/mol. The molecule has 0 aromatic heterocycles. The van der Waals surface area contributed by atoms with Crippen LogP contribution in [0.5, 0.6) is 0 Å². The number of ether oxygens (including phenoxy) is 1. The Kier molecular flexibility index (Phi) is 6.62. The lowest BCUT2D eigenvalue weighted by Crippen LogP contribution is -2.53. The van der Waals surface area contributed by atoms with Crippen LogP contribution in [0, 0.1) is 28.5 Å². The molecule has 1 N–H and O–H groups in total. The molecule has 1 aliphatic carbocycles. The molecule has 3 aliphatic rings. The normalized spacial score (nSPS) is 25.2. The van der Waals surface area contributed by atoms with E-state index in [0.29, 0.717) is 30.7 Å². The molecule has 0 unspecified atom stereocenters. The molecule has 1 saturated carbocycles. The molecule has 2 aromatic carbocycles. The quantitative estimate of drug-likeness (QED) is 0.587. The zero-order valence-corrected chi connectivity index (χ0v) is 21.0. The first kappa shape index (κ1) is 24.9. The van der Waals surface area contributed by atoms with E-state index in [1.807, 2.05) is 36.4 Å². The van der Waals surface area contributed by atoms with E-state index in [0.717, 1.165) is 18.4 Å². The van der Waals surface area contributed by atoms with E-state index >= 15 is 4.39 Å². The van der Waals surface area contributed by atoms with Gasteiger partial charge in [0.1, 0.15) is 11.9 Å². The maximum Gasteiger partial charge on any atom is 0.252 e. The fourth-order valence-electron chi connectivity index (χ4n) is 5.47. The number of hydrogen-bond acceptors (Lipinski definition) is 5. The van der Waals surface area contributed by atoms with Gasteiger partial charge in [0, 0.05) is 30.0 Å². The third-order valence-corrected chi connectivity index (χ3v) is 9.22. The van der Waals surface area contributed by atoms with Crippen LogP contribution in [0.25, 0.3) is 11.1 Å². The van der Waals surface area contributed by atoms with Crippen LogP contribution >= 0.6 is 0 Å². The maximum atomic E-state index is 15.8. The minimum absolute atomic E-state index is 0.163. The molecule has 2 heterocycles. The fraction of sp³-hybridized carbons (Fsp3) is 0.481. The van der Waals surface area contributed by atoms with Crippen molar-refractivity contribution in [3.05, 3.63) is 59.9 Å². The highest BCUT2D eigenvalue weighted by molar-refractivity contribution is 7.89. The van der Waals surface area contributed by atoms with Gasteiger partial charge in [0.25, 0.3) is 5.91 Å². The molecule has 7 nitrogen and oxygen atoms in total. The zero-order valence-electron chi connectivity index (χ0n) is 20.2. The molecule has 190 valence electrons. The van der Waals surface area contributed by atoms with Gasteiger partial charge in [0.05, 0.1) is 30.4 Å². The van der Waals surface area contributed by atoms with E-state index in [2.05, 4.69) is 4.72 Å². The average molecular weight is 512 g/mol. The Hall–Kier alpha value is -2.80. The van der Waals surface area contributed by atoms with Gasteiger partial charge in [0.2, 0.25) is 10.0 Å². The van der Waals surface area contributed by atoms with E-state index in [1.165, 1.54) is 0 Å². The van der Waals surface area contributed by atoms with Crippen molar-refractivity contribution in [1.82, 2.24) is 9.62 Å². The van der Waals surface area contributed by atoms with Crippen LogP contribution in [0.15, 0.2) is 48.5 Å². The number of nitrogens with one attached hydrogen (secondary N) is 1. The van der Waals surface area contributed by atoms with Crippen molar-refractivity contribution in [3.63, 3.8) is 0 Å². The highest BCUT2D eigenvalue weighted by atomic mass is 32.2. The standard InChI is InChI=1S/C27H30FN3O4S/c1-18(15-29)16-36(33,34)30-25-22(31(17-27(25)11-12-27)26(32)23-10-13-35-23)14-20-8-5-9-21(24(20)28)19-6-3-2-4-7-19/h2-9,18,22-23,25,30H,10-14,16-17H2,1H3/t18-,22+,23-,25-/m1/s1. The van der Waals surface area contributed by atoms with Gasteiger partial charge in [-0.1, -0.05) is 48.5 Å².